The number of aromatic nitrogens is 3. The van der Waals surface area contributed by atoms with E-state index in [1.165, 1.54) is 11.3 Å². The van der Waals surface area contributed by atoms with Gasteiger partial charge in [0.15, 0.2) is 0 Å². The monoisotopic (exact) mass is 256 g/mol. The van der Waals surface area contributed by atoms with Crippen LogP contribution in [0, 0.1) is 6.92 Å². The predicted octanol–water partition coefficient (Wildman–Crippen LogP) is 2.89. The summed E-state index contributed by atoms with van der Waals surface area (Å²) < 4.78 is 1.70. The zero-order valence-electron chi connectivity index (χ0n) is 9.87. The topological polar surface area (TPSA) is 56.7 Å². The quantitative estimate of drug-likeness (QED) is 0.767. The lowest BCUT2D eigenvalue weighted by Gasteiger charge is -2.02. The maximum atomic E-state index is 6.19. The van der Waals surface area contributed by atoms with Gasteiger partial charge in [0.2, 0.25) is 5.13 Å². The van der Waals surface area contributed by atoms with Crippen LogP contribution < -0.4 is 5.73 Å². The molecule has 3 rings (SSSR count). The maximum Gasteiger partial charge on any atom is 0.212 e. The molecular weight excluding hydrogens is 244 g/mol. The van der Waals surface area contributed by atoms with Gasteiger partial charge in [-0.05, 0) is 12.5 Å². The van der Waals surface area contributed by atoms with E-state index >= 15 is 0 Å². The first-order valence-electron chi connectivity index (χ1n) is 5.58. The normalized spacial score (nSPS) is 10.7. The number of hydrogen-bond acceptors (Lipinski definition) is 4. The number of rotatable bonds is 2. The molecule has 0 aliphatic heterocycles. The van der Waals surface area contributed by atoms with Gasteiger partial charge in [-0.1, -0.05) is 30.3 Å². The molecule has 0 fully saturated rings. The van der Waals surface area contributed by atoms with E-state index in [9.17, 15) is 0 Å². The third kappa shape index (κ3) is 1.69. The van der Waals surface area contributed by atoms with Gasteiger partial charge in [-0.15, -0.1) is 11.3 Å². The summed E-state index contributed by atoms with van der Waals surface area (Å²) in [5, 5.41) is 7.17. The highest BCUT2D eigenvalue weighted by Gasteiger charge is 2.16. The van der Waals surface area contributed by atoms with E-state index < -0.39 is 0 Å². The lowest BCUT2D eigenvalue weighted by atomic mass is 10.1. The van der Waals surface area contributed by atoms with Crippen molar-refractivity contribution in [1.29, 1.82) is 0 Å². The van der Waals surface area contributed by atoms with Crippen molar-refractivity contribution in [2.45, 2.75) is 6.92 Å². The van der Waals surface area contributed by atoms with Gasteiger partial charge in [-0.25, -0.2) is 4.98 Å². The Morgan fingerprint density at radius 1 is 1.22 bits per heavy atom. The van der Waals surface area contributed by atoms with Crippen molar-refractivity contribution in [3.63, 3.8) is 0 Å². The Hall–Kier alpha value is -2.14. The Balaban J connectivity index is 2.18. The molecule has 90 valence electrons. The van der Waals surface area contributed by atoms with Crippen molar-refractivity contribution in [3.8, 4) is 16.3 Å². The number of hydrogen-bond donors (Lipinski definition) is 1. The number of anilines is 1. The fourth-order valence-electron chi connectivity index (χ4n) is 1.97. The summed E-state index contributed by atoms with van der Waals surface area (Å²) in [6.07, 6.45) is 1.75. The molecule has 0 aliphatic rings. The highest BCUT2D eigenvalue weighted by atomic mass is 32.1. The van der Waals surface area contributed by atoms with E-state index in [0.29, 0.717) is 5.82 Å². The summed E-state index contributed by atoms with van der Waals surface area (Å²) in [7, 11) is 0. The second-order valence-electron chi connectivity index (χ2n) is 3.94. The minimum atomic E-state index is 0.633. The van der Waals surface area contributed by atoms with Gasteiger partial charge in [0, 0.05) is 17.1 Å². The molecule has 0 unspecified atom stereocenters. The Morgan fingerprint density at radius 2 is 2.00 bits per heavy atom. The largest absolute Gasteiger partial charge is 0.383 e. The van der Waals surface area contributed by atoms with Crippen molar-refractivity contribution in [2.24, 2.45) is 0 Å². The Morgan fingerprint density at radius 3 is 2.67 bits per heavy atom. The number of aryl methyl sites for hydroxylation is 1. The Kier molecular flexibility index (Phi) is 2.60. The first-order valence-corrected chi connectivity index (χ1v) is 6.45. The molecule has 0 bridgehead atoms. The van der Waals surface area contributed by atoms with Crippen molar-refractivity contribution in [1.82, 2.24) is 14.8 Å². The summed E-state index contributed by atoms with van der Waals surface area (Å²) in [5.74, 6) is 0.633. The first kappa shape index (κ1) is 11.0. The van der Waals surface area contributed by atoms with E-state index in [1.54, 1.807) is 10.9 Å². The molecule has 2 heterocycles. The van der Waals surface area contributed by atoms with Crippen molar-refractivity contribution in [3.05, 3.63) is 47.6 Å². The van der Waals surface area contributed by atoms with E-state index in [4.69, 9.17) is 5.73 Å². The van der Waals surface area contributed by atoms with E-state index in [2.05, 4.69) is 10.1 Å². The summed E-state index contributed by atoms with van der Waals surface area (Å²) in [6, 6.07) is 10.0. The number of thiazole rings is 1. The van der Waals surface area contributed by atoms with Crippen molar-refractivity contribution in [2.75, 3.05) is 5.73 Å². The second-order valence-corrected chi connectivity index (χ2v) is 4.81. The fraction of sp³-hybridized carbons (Fsp3) is 0.0769. The lowest BCUT2D eigenvalue weighted by molar-refractivity contribution is 0.862. The highest BCUT2D eigenvalue weighted by Crippen LogP contribution is 2.31. The Bertz CT molecular complexity index is 656. The SMILES string of the molecule is Cc1nn(-c2nccs2)c(N)c1-c1ccccc1. The molecule has 0 aliphatic carbocycles. The van der Waals surface area contributed by atoms with Gasteiger partial charge < -0.3 is 5.73 Å². The average Bonchev–Trinajstić information content (AvgIpc) is 2.99. The van der Waals surface area contributed by atoms with Crippen molar-refractivity contribution >= 4 is 17.2 Å². The molecule has 0 atom stereocenters. The number of benzene rings is 1. The Labute approximate surface area is 109 Å². The highest BCUT2D eigenvalue weighted by molar-refractivity contribution is 7.12. The van der Waals surface area contributed by atoms with Crippen LogP contribution in [0.5, 0.6) is 0 Å². The number of nitrogens with two attached hydrogens (primary N) is 1. The summed E-state index contributed by atoms with van der Waals surface area (Å²) in [5.41, 5.74) is 9.16. The van der Waals surface area contributed by atoms with Gasteiger partial charge in [0.05, 0.1) is 5.69 Å². The van der Waals surface area contributed by atoms with E-state index in [1.807, 2.05) is 42.6 Å². The maximum absolute atomic E-state index is 6.19. The first-order chi connectivity index (χ1) is 8.77. The van der Waals surface area contributed by atoms with Gasteiger partial charge in [0.25, 0.3) is 0 Å². The van der Waals surface area contributed by atoms with Crippen LogP contribution in [-0.2, 0) is 0 Å². The van der Waals surface area contributed by atoms with E-state index in [-0.39, 0.29) is 0 Å². The molecule has 0 radical (unpaired) electrons. The fourth-order valence-corrected chi connectivity index (χ4v) is 2.58. The van der Waals surface area contributed by atoms with Crippen LogP contribution in [0.25, 0.3) is 16.3 Å². The standard InChI is InChI=1S/C13H12N4S/c1-9-11(10-5-3-2-4-6-10)12(14)17(16-9)13-15-7-8-18-13/h2-8H,14H2,1H3. The molecule has 3 aromatic rings. The lowest BCUT2D eigenvalue weighted by Crippen LogP contribution is -2.01. The minimum absolute atomic E-state index is 0.633. The van der Waals surface area contributed by atoms with Crippen LogP contribution in [0.1, 0.15) is 5.69 Å². The molecule has 0 spiro atoms. The van der Waals surface area contributed by atoms with Gasteiger partial charge in [0.1, 0.15) is 5.82 Å². The molecular formula is C13H12N4S. The molecule has 1 aromatic carbocycles. The van der Waals surface area contributed by atoms with Crippen LogP contribution in [0.2, 0.25) is 0 Å². The summed E-state index contributed by atoms with van der Waals surface area (Å²) in [6.45, 7) is 1.96. The third-order valence-corrected chi connectivity index (χ3v) is 3.51. The van der Waals surface area contributed by atoms with Gasteiger partial charge in [-0.3, -0.25) is 0 Å². The van der Waals surface area contributed by atoms with Crippen LogP contribution in [-0.4, -0.2) is 14.8 Å². The smallest absolute Gasteiger partial charge is 0.212 e. The molecule has 2 N–H and O–H groups in total. The van der Waals surface area contributed by atoms with Crippen LogP contribution in [0.4, 0.5) is 5.82 Å². The zero-order chi connectivity index (χ0) is 12.5. The molecule has 4 nitrogen and oxygen atoms in total. The number of nitrogen functional groups attached to an aromatic ring is 1. The van der Waals surface area contributed by atoms with Gasteiger partial charge >= 0.3 is 0 Å². The second kappa shape index (κ2) is 4.27. The molecule has 0 amide bonds. The molecule has 18 heavy (non-hydrogen) atoms. The third-order valence-electron chi connectivity index (χ3n) is 2.76. The number of nitrogens with zero attached hydrogens (tertiary/aromatic N) is 3. The zero-order valence-corrected chi connectivity index (χ0v) is 10.7. The molecule has 0 saturated carbocycles. The van der Waals surface area contributed by atoms with Crippen LogP contribution in [0.3, 0.4) is 0 Å². The van der Waals surface area contributed by atoms with Crippen molar-refractivity contribution < 1.29 is 0 Å². The molecule has 0 saturated heterocycles. The molecule has 2 aromatic heterocycles. The van der Waals surface area contributed by atoms with E-state index in [0.717, 1.165) is 22.0 Å². The predicted molar refractivity (Wildman–Crippen MR) is 73.8 cm³/mol. The van der Waals surface area contributed by atoms with Crippen LogP contribution >= 0.6 is 11.3 Å². The van der Waals surface area contributed by atoms with Crippen LogP contribution in [0.15, 0.2) is 41.9 Å². The summed E-state index contributed by atoms with van der Waals surface area (Å²) in [4.78, 5) is 4.23. The summed E-state index contributed by atoms with van der Waals surface area (Å²) >= 11 is 1.52. The minimum Gasteiger partial charge on any atom is -0.383 e. The average molecular weight is 256 g/mol. The molecule has 5 heteroatoms. The van der Waals surface area contributed by atoms with Gasteiger partial charge in [-0.2, -0.15) is 9.78 Å².